The van der Waals surface area contributed by atoms with Crippen LogP contribution in [0.15, 0.2) is 53.4 Å². The summed E-state index contributed by atoms with van der Waals surface area (Å²) in [6.07, 6.45) is -0.535. The third-order valence-electron chi connectivity index (χ3n) is 4.39. The van der Waals surface area contributed by atoms with Crippen LogP contribution in [0.5, 0.6) is 11.5 Å². The van der Waals surface area contributed by atoms with E-state index < -0.39 is 10.0 Å². The maximum absolute atomic E-state index is 13.3. The van der Waals surface area contributed by atoms with Gasteiger partial charge in [0.1, 0.15) is 16.4 Å². The summed E-state index contributed by atoms with van der Waals surface area (Å²) in [6.45, 7) is 2.41. The van der Waals surface area contributed by atoms with Crippen molar-refractivity contribution in [1.82, 2.24) is 4.31 Å². The van der Waals surface area contributed by atoms with Gasteiger partial charge in [-0.05, 0) is 24.6 Å². The molecule has 0 amide bonds. The lowest BCUT2D eigenvalue weighted by Crippen LogP contribution is -2.45. The number of hydrogen-bond acceptors (Lipinski definition) is 5. The first kappa shape index (κ1) is 18.7. The van der Waals surface area contributed by atoms with Gasteiger partial charge in [-0.1, -0.05) is 30.3 Å². The third kappa shape index (κ3) is 3.70. The largest absolute Gasteiger partial charge is 0.497 e. The predicted molar refractivity (Wildman–Crippen MR) is 98.0 cm³/mol. The minimum Gasteiger partial charge on any atom is -0.497 e. The molecule has 2 aromatic rings. The average molecular weight is 377 g/mol. The van der Waals surface area contributed by atoms with Crippen molar-refractivity contribution in [2.45, 2.75) is 24.0 Å². The maximum atomic E-state index is 13.3. The number of benzene rings is 2. The van der Waals surface area contributed by atoms with Gasteiger partial charge in [0, 0.05) is 19.2 Å². The van der Waals surface area contributed by atoms with Gasteiger partial charge >= 0.3 is 0 Å². The smallest absolute Gasteiger partial charge is 0.247 e. The van der Waals surface area contributed by atoms with E-state index in [9.17, 15) is 8.42 Å². The second-order valence-electron chi connectivity index (χ2n) is 6.18. The molecule has 140 valence electrons. The summed E-state index contributed by atoms with van der Waals surface area (Å²) >= 11 is 0. The molecular weight excluding hydrogens is 354 g/mol. The summed E-state index contributed by atoms with van der Waals surface area (Å²) in [7, 11) is -0.809. The van der Waals surface area contributed by atoms with Crippen LogP contribution in [-0.4, -0.2) is 46.1 Å². The van der Waals surface area contributed by atoms with Crippen molar-refractivity contribution < 1.29 is 22.6 Å². The zero-order valence-electron chi connectivity index (χ0n) is 15.1. The molecule has 0 bridgehead atoms. The molecule has 1 saturated heterocycles. The van der Waals surface area contributed by atoms with Crippen LogP contribution in [-0.2, 0) is 14.8 Å². The monoisotopic (exact) mass is 377 g/mol. The topological polar surface area (TPSA) is 65.1 Å². The minimum atomic E-state index is -3.76. The van der Waals surface area contributed by atoms with E-state index in [1.165, 1.54) is 24.6 Å². The Balaban J connectivity index is 1.96. The molecule has 2 unspecified atom stereocenters. The van der Waals surface area contributed by atoms with Gasteiger partial charge in [0.05, 0.1) is 26.4 Å². The maximum Gasteiger partial charge on any atom is 0.247 e. The second-order valence-corrected chi connectivity index (χ2v) is 8.09. The summed E-state index contributed by atoms with van der Waals surface area (Å²) < 4.78 is 44.5. The van der Waals surface area contributed by atoms with E-state index in [2.05, 4.69) is 0 Å². The SMILES string of the molecule is COc1ccc(OC)c(S(=O)(=O)N2CC(C)OC(c3ccccc3)C2)c1. The van der Waals surface area contributed by atoms with Crippen molar-refractivity contribution in [2.24, 2.45) is 0 Å². The molecular formula is C19H23NO5S. The Labute approximate surface area is 154 Å². The molecule has 0 N–H and O–H groups in total. The number of hydrogen-bond donors (Lipinski definition) is 0. The number of rotatable bonds is 5. The molecule has 1 fully saturated rings. The molecule has 3 rings (SSSR count). The van der Waals surface area contributed by atoms with Gasteiger partial charge in [0.15, 0.2) is 0 Å². The van der Waals surface area contributed by atoms with E-state index in [0.29, 0.717) is 11.5 Å². The van der Waals surface area contributed by atoms with Crippen LogP contribution in [0.2, 0.25) is 0 Å². The second kappa shape index (κ2) is 7.65. The van der Waals surface area contributed by atoms with Crippen molar-refractivity contribution in [3.05, 3.63) is 54.1 Å². The van der Waals surface area contributed by atoms with Crippen LogP contribution in [0.3, 0.4) is 0 Å². The Morgan fingerprint density at radius 2 is 1.77 bits per heavy atom. The lowest BCUT2D eigenvalue weighted by molar-refractivity contribution is -0.0557. The fourth-order valence-electron chi connectivity index (χ4n) is 3.09. The molecule has 6 nitrogen and oxygen atoms in total. The van der Waals surface area contributed by atoms with E-state index in [-0.39, 0.29) is 30.2 Å². The predicted octanol–water partition coefficient (Wildman–Crippen LogP) is 2.85. The van der Waals surface area contributed by atoms with Crippen molar-refractivity contribution >= 4 is 10.0 Å². The zero-order chi connectivity index (χ0) is 18.7. The molecule has 26 heavy (non-hydrogen) atoms. The molecule has 0 spiro atoms. The first-order valence-corrected chi connectivity index (χ1v) is 9.82. The fraction of sp³-hybridized carbons (Fsp3) is 0.368. The molecule has 0 aromatic heterocycles. The molecule has 2 aromatic carbocycles. The molecule has 7 heteroatoms. The van der Waals surface area contributed by atoms with Crippen LogP contribution in [0, 0.1) is 0 Å². The Morgan fingerprint density at radius 3 is 2.42 bits per heavy atom. The molecule has 0 saturated carbocycles. The lowest BCUT2D eigenvalue weighted by atomic mass is 10.1. The first-order chi connectivity index (χ1) is 12.5. The van der Waals surface area contributed by atoms with Gasteiger partial charge < -0.3 is 14.2 Å². The van der Waals surface area contributed by atoms with Gasteiger partial charge in [0.2, 0.25) is 10.0 Å². The summed E-state index contributed by atoms with van der Waals surface area (Å²) in [6, 6.07) is 14.4. The van der Waals surface area contributed by atoms with Crippen molar-refractivity contribution in [3.8, 4) is 11.5 Å². The number of nitrogens with zero attached hydrogens (tertiary/aromatic N) is 1. The number of sulfonamides is 1. The molecule has 0 aliphatic carbocycles. The molecule has 1 aliphatic heterocycles. The quantitative estimate of drug-likeness (QED) is 0.802. The highest BCUT2D eigenvalue weighted by Crippen LogP contribution is 2.34. The Kier molecular flexibility index (Phi) is 5.50. The summed E-state index contributed by atoms with van der Waals surface area (Å²) in [4.78, 5) is 0.0975. The zero-order valence-corrected chi connectivity index (χ0v) is 15.9. The molecule has 1 aliphatic rings. The van der Waals surface area contributed by atoms with E-state index in [0.717, 1.165) is 5.56 Å². The average Bonchev–Trinajstić information content (AvgIpc) is 2.67. The number of methoxy groups -OCH3 is 2. The fourth-order valence-corrected chi connectivity index (χ4v) is 4.77. The van der Waals surface area contributed by atoms with Crippen LogP contribution >= 0.6 is 0 Å². The molecule has 2 atom stereocenters. The molecule has 1 heterocycles. The Hall–Kier alpha value is -2.09. The first-order valence-electron chi connectivity index (χ1n) is 8.38. The standard InChI is InChI=1S/C19H23NO5S/c1-14-12-20(13-18(25-14)15-7-5-4-6-8-15)26(21,22)19-11-16(23-2)9-10-17(19)24-3/h4-11,14,18H,12-13H2,1-3H3. The number of morpholine rings is 1. The van der Waals surface area contributed by atoms with Crippen LogP contribution in [0.1, 0.15) is 18.6 Å². The van der Waals surface area contributed by atoms with Gasteiger partial charge in [-0.15, -0.1) is 0 Å². The third-order valence-corrected chi connectivity index (χ3v) is 6.24. The normalized spacial score (nSPS) is 21.3. The van der Waals surface area contributed by atoms with E-state index in [4.69, 9.17) is 14.2 Å². The summed E-state index contributed by atoms with van der Waals surface area (Å²) in [5.74, 6) is 0.756. The van der Waals surface area contributed by atoms with Crippen LogP contribution < -0.4 is 9.47 Å². The van der Waals surface area contributed by atoms with Gasteiger partial charge in [0.25, 0.3) is 0 Å². The highest BCUT2D eigenvalue weighted by atomic mass is 32.2. The Bertz CT molecular complexity index is 853. The Morgan fingerprint density at radius 1 is 1.04 bits per heavy atom. The lowest BCUT2D eigenvalue weighted by Gasteiger charge is -2.36. The number of ether oxygens (including phenoxy) is 3. The van der Waals surface area contributed by atoms with Gasteiger partial charge in [-0.25, -0.2) is 8.42 Å². The van der Waals surface area contributed by atoms with E-state index in [1.54, 1.807) is 12.1 Å². The van der Waals surface area contributed by atoms with Gasteiger partial charge in [-0.3, -0.25) is 0 Å². The van der Waals surface area contributed by atoms with Crippen LogP contribution in [0.25, 0.3) is 0 Å². The van der Waals surface area contributed by atoms with Gasteiger partial charge in [-0.2, -0.15) is 4.31 Å². The molecule has 0 radical (unpaired) electrons. The van der Waals surface area contributed by atoms with E-state index >= 15 is 0 Å². The summed E-state index contributed by atoms with van der Waals surface area (Å²) in [5, 5.41) is 0. The van der Waals surface area contributed by atoms with Crippen molar-refractivity contribution in [1.29, 1.82) is 0 Å². The van der Waals surface area contributed by atoms with E-state index in [1.807, 2.05) is 37.3 Å². The van der Waals surface area contributed by atoms with Crippen LogP contribution in [0.4, 0.5) is 0 Å². The van der Waals surface area contributed by atoms with Crippen molar-refractivity contribution in [3.63, 3.8) is 0 Å². The summed E-state index contributed by atoms with van der Waals surface area (Å²) in [5.41, 5.74) is 0.955. The highest BCUT2D eigenvalue weighted by Gasteiger charge is 2.36. The van der Waals surface area contributed by atoms with Crippen molar-refractivity contribution in [2.75, 3.05) is 27.3 Å². The highest BCUT2D eigenvalue weighted by molar-refractivity contribution is 7.89. The minimum absolute atomic E-state index is 0.0975.